The number of amides is 1. The van der Waals surface area contributed by atoms with Crippen molar-refractivity contribution in [2.75, 3.05) is 12.0 Å². The second-order valence-electron chi connectivity index (χ2n) is 6.31. The third kappa shape index (κ3) is 3.67. The summed E-state index contributed by atoms with van der Waals surface area (Å²) >= 11 is 3.34. The number of carbonyl (C=O) groups is 1. The largest absolute Gasteiger partial charge is 0.341 e. The Balaban J connectivity index is 1.61. The van der Waals surface area contributed by atoms with E-state index in [-0.39, 0.29) is 11.9 Å². The van der Waals surface area contributed by atoms with Gasteiger partial charge in [0, 0.05) is 13.2 Å². The Bertz CT molecular complexity index is 1090. The smallest absolute Gasteiger partial charge is 0.270 e. The Morgan fingerprint density at radius 1 is 1.29 bits per heavy atom. The van der Waals surface area contributed by atoms with Crippen LogP contribution in [-0.4, -0.2) is 42.3 Å². The highest BCUT2D eigenvalue weighted by atomic mass is 32.2. The van der Waals surface area contributed by atoms with E-state index in [2.05, 4.69) is 26.9 Å². The molecule has 0 aliphatic heterocycles. The predicted octanol–water partition coefficient (Wildman–Crippen LogP) is 3.42. The average molecular weight is 413 g/mol. The summed E-state index contributed by atoms with van der Waals surface area (Å²) in [5, 5.41) is 18.2. The summed E-state index contributed by atoms with van der Waals surface area (Å²) < 4.78 is 3.55. The van der Waals surface area contributed by atoms with Gasteiger partial charge in [0.25, 0.3) is 5.91 Å². The topological polar surface area (TPSA) is 77.1 Å². The van der Waals surface area contributed by atoms with Crippen molar-refractivity contribution in [2.45, 2.75) is 12.5 Å². The number of hydrogen-bond donors (Lipinski definition) is 1. The van der Waals surface area contributed by atoms with E-state index in [1.165, 1.54) is 0 Å². The maximum absolute atomic E-state index is 13.0. The fraction of sp³-hybridized carbons (Fsp3) is 0.263. The molecule has 1 N–H and O–H groups in total. The SMILES string of the molecule is CSCC[C@H](NC(=O)c1cc(-c2cccs2)nn1C)c1nnc2ccccn12. The molecule has 0 saturated heterocycles. The summed E-state index contributed by atoms with van der Waals surface area (Å²) in [6, 6.07) is 11.3. The highest BCUT2D eigenvalue weighted by Gasteiger charge is 2.23. The van der Waals surface area contributed by atoms with Crippen molar-refractivity contribution < 1.29 is 4.79 Å². The van der Waals surface area contributed by atoms with Crippen LogP contribution >= 0.6 is 23.1 Å². The first-order valence-electron chi connectivity index (χ1n) is 8.84. The number of fused-ring (bicyclic) bond motifs is 1. The molecule has 0 unspecified atom stereocenters. The fourth-order valence-corrected chi connectivity index (χ4v) is 4.21. The number of hydrogen-bond acceptors (Lipinski definition) is 6. The van der Waals surface area contributed by atoms with Crippen molar-refractivity contribution in [1.29, 1.82) is 0 Å². The van der Waals surface area contributed by atoms with E-state index in [1.807, 2.05) is 52.4 Å². The molecule has 4 aromatic rings. The van der Waals surface area contributed by atoms with Crippen LogP contribution in [0.5, 0.6) is 0 Å². The van der Waals surface area contributed by atoms with E-state index in [9.17, 15) is 4.79 Å². The van der Waals surface area contributed by atoms with Crippen LogP contribution < -0.4 is 5.32 Å². The maximum Gasteiger partial charge on any atom is 0.270 e. The highest BCUT2D eigenvalue weighted by molar-refractivity contribution is 7.98. The third-order valence-corrected chi connectivity index (χ3v) is 5.99. The van der Waals surface area contributed by atoms with Crippen molar-refractivity contribution in [1.82, 2.24) is 29.7 Å². The van der Waals surface area contributed by atoms with Gasteiger partial charge in [0.1, 0.15) is 11.4 Å². The van der Waals surface area contributed by atoms with Crippen molar-refractivity contribution in [2.24, 2.45) is 7.05 Å². The summed E-state index contributed by atoms with van der Waals surface area (Å²) in [5.74, 6) is 1.47. The highest BCUT2D eigenvalue weighted by Crippen LogP contribution is 2.24. The zero-order chi connectivity index (χ0) is 19.5. The molecule has 4 aromatic heterocycles. The molecule has 0 saturated carbocycles. The minimum atomic E-state index is -0.238. The lowest BCUT2D eigenvalue weighted by molar-refractivity contribution is 0.0924. The molecule has 9 heteroatoms. The average Bonchev–Trinajstić information content (AvgIpc) is 3.44. The lowest BCUT2D eigenvalue weighted by Crippen LogP contribution is -2.31. The van der Waals surface area contributed by atoms with Gasteiger partial charge in [-0.2, -0.15) is 16.9 Å². The summed E-state index contributed by atoms with van der Waals surface area (Å²) in [4.78, 5) is 14.1. The number of nitrogens with one attached hydrogen (secondary N) is 1. The van der Waals surface area contributed by atoms with Crippen molar-refractivity contribution >= 4 is 34.7 Å². The number of thiophene rings is 1. The zero-order valence-corrected chi connectivity index (χ0v) is 17.2. The molecule has 28 heavy (non-hydrogen) atoms. The molecule has 4 rings (SSSR count). The number of nitrogens with zero attached hydrogens (tertiary/aromatic N) is 5. The molecule has 0 bridgehead atoms. The third-order valence-electron chi connectivity index (χ3n) is 4.45. The number of pyridine rings is 1. The molecular weight excluding hydrogens is 392 g/mol. The Hall–Kier alpha value is -2.65. The first-order chi connectivity index (χ1) is 13.7. The van der Waals surface area contributed by atoms with E-state index < -0.39 is 0 Å². The predicted molar refractivity (Wildman–Crippen MR) is 113 cm³/mol. The normalized spacial score (nSPS) is 12.4. The number of carbonyl (C=O) groups excluding carboxylic acids is 1. The molecule has 4 heterocycles. The van der Waals surface area contributed by atoms with Gasteiger partial charge in [-0.1, -0.05) is 12.1 Å². The lowest BCUT2D eigenvalue weighted by atomic mass is 10.2. The number of aromatic nitrogens is 5. The quantitative estimate of drug-likeness (QED) is 0.503. The van der Waals surface area contributed by atoms with Gasteiger partial charge in [-0.3, -0.25) is 13.9 Å². The first kappa shape index (κ1) is 18.7. The summed E-state index contributed by atoms with van der Waals surface area (Å²) in [5.41, 5.74) is 2.09. The Morgan fingerprint density at radius 2 is 2.18 bits per heavy atom. The van der Waals surface area contributed by atoms with Gasteiger partial charge < -0.3 is 5.32 Å². The van der Waals surface area contributed by atoms with Crippen LogP contribution in [0.4, 0.5) is 0 Å². The number of rotatable bonds is 7. The van der Waals surface area contributed by atoms with E-state index in [0.29, 0.717) is 5.69 Å². The van der Waals surface area contributed by atoms with Crippen LogP contribution in [0.1, 0.15) is 28.8 Å². The van der Waals surface area contributed by atoms with E-state index in [4.69, 9.17) is 0 Å². The Kier molecular flexibility index (Phi) is 5.45. The van der Waals surface area contributed by atoms with E-state index >= 15 is 0 Å². The summed E-state index contributed by atoms with van der Waals surface area (Å²) in [7, 11) is 1.79. The standard InChI is InChI=1S/C19H20N6OS2/c1-24-15(12-14(23-24)16-6-5-10-28-16)19(26)20-13(8-11-27-2)18-22-21-17-7-3-4-9-25(17)18/h3-7,9-10,12-13H,8,11H2,1-2H3,(H,20,26)/t13-/m0/s1. The van der Waals surface area contributed by atoms with Crippen LogP contribution in [0.25, 0.3) is 16.2 Å². The van der Waals surface area contributed by atoms with Crippen molar-refractivity contribution in [3.63, 3.8) is 0 Å². The molecule has 0 radical (unpaired) electrons. The van der Waals surface area contributed by atoms with E-state index in [1.54, 1.807) is 34.8 Å². The zero-order valence-electron chi connectivity index (χ0n) is 15.6. The Morgan fingerprint density at radius 3 is 2.96 bits per heavy atom. The van der Waals surface area contributed by atoms with Gasteiger partial charge in [0.15, 0.2) is 11.5 Å². The molecule has 0 aliphatic carbocycles. The van der Waals surface area contributed by atoms with Crippen LogP contribution in [0.2, 0.25) is 0 Å². The molecule has 0 spiro atoms. The molecular formula is C19H20N6OS2. The fourth-order valence-electron chi connectivity index (χ4n) is 3.06. The number of aryl methyl sites for hydroxylation is 1. The number of thioether (sulfide) groups is 1. The molecule has 144 valence electrons. The van der Waals surface area contributed by atoms with Gasteiger partial charge in [0.2, 0.25) is 0 Å². The molecule has 1 amide bonds. The summed E-state index contributed by atoms with van der Waals surface area (Å²) in [6.45, 7) is 0. The van der Waals surface area contributed by atoms with E-state index in [0.717, 1.165) is 34.2 Å². The van der Waals surface area contributed by atoms with Gasteiger partial charge in [-0.25, -0.2) is 0 Å². The second-order valence-corrected chi connectivity index (χ2v) is 8.24. The maximum atomic E-state index is 13.0. The van der Waals surface area contributed by atoms with Crippen LogP contribution in [0.3, 0.4) is 0 Å². The minimum Gasteiger partial charge on any atom is -0.341 e. The monoisotopic (exact) mass is 412 g/mol. The minimum absolute atomic E-state index is 0.170. The molecule has 7 nitrogen and oxygen atoms in total. The van der Waals surface area contributed by atoms with Crippen LogP contribution in [0, 0.1) is 0 Å². The molecule has 0 aliphatic rings. The second kappa shape index (κ2) is 8.15. The van der Waals surface area contributed by atoms with Crippen LogP contribution in [0.15, 0.2) is 48.0 Å². The first-order valence-corrected chi connectivity index (χ1v) is 11.1. The molecule has 0 fully saturated rings. The van der Waals surface area contributed by atoms with Crippen molar-refractivity contribution in [3.05, 3.63) is 59.5 Å². The Labute approximate surface area is 170 Å². The summed E-state index contributed by atoms with van der Waals surface area (Å²) in [6.07, 6.45) is 4.73. The van der Waals surface area contributed by atoms with Crippen molar-refractivity contribution in [3.8, 4) is 10.6 Å². The lowest BCUT2D eigenvalue weighted by Gasteiger charge is -2.17. The van der Waals surface area contributed by atoms with Gasteiger partial charge in [0.05, 0.1) is 10.9 Å². The molecule has 0 aromatic carbocycles. The molecule has 1 atom stereocenters. The van der Waals surface area contributed by atoms with Gasteiger partial charge in [-0.05, 0) is 48.1 Å². The van der Waals surface area contributed by atoms with Gasteiger partial charge >= 0.3 is 0 Å². The van der Waals surface area contributed by atoms with Crippen LogP contribution in [-0.2, 0) is 7.05 Å². The van der Waals surface area contributed by atoms with Gasteiger partial charge in [-0.15, -0.1) is 21.5 Å².